The number of benzene rings is 2. The Morgan fingerprint density at radius 1 is 0.806 bits per heavy atom. The molecular weight excluding hydrogens is 436 g/mol. The van der Waals surface area contributed by atoms with Crippen LogP contribution in [0.4, 0.5) is 11.4 Å². The van der Waals surface area contributed by atoms with Crippen LogP contribution in [0.2, 0.25) is 0 Å². The summed E-state index contributed by atoms with van der Waals surface area (Å²) in [5.74, 6) is 0.0379. The Labute approximate surface area is 182 Å². The summed E-state index contributed by atoms with van der Waals surface area (Å²) in [6.45, 7) is 0. The number of rotatable bonds is 5. The van der Waals surface area contributed by atoms with E-state index in [9.17, 15) is 9.59 Å². The molecule has 2 aromatic carbocycles. The molecule has 0 aliphatic heterocycles. The third kappa shape index (κ3) is 4.01. The van der Waals surface area contributed by atoms with Gasteiger partial charge in [0.1, 0.15) is 5.82 Å². The number of amides is 2. The van der Waals surface area contributed by atoms with Gasteiger partial charge in [-0.1, -0.05) is 8.98 Å². The first-order valence-corrected chi connectivity index (χ1v) is 10.6. The minimum Gasteiger partial charge on any atom is -0.338 e. The van der Waals surface area contributed by atoms with Gasteiger partial charge >= 0.3 is 0 Å². The Morgan fingerprint density at radius 3 is 2.03 bits per heavy atom. The van der Waals surface area contributed by atoms with E-state index in [0.29, 0.717) is 17.2 Å². The number of fused-ring (bicyclic) bond motifs is 1. The van der Waals surface area contributed by atoms with Crippen molar-refractivity contribution in [2.75, 3.05) is 10.6 Å². The van der Waals surface area contributed by atoms with E-state index in [-0.39, 0.29) is 23.2 Å². The molecule has 0 atom stereocenters. The number of carbonyl (C=O) groups is 2. The molecule has 31 heavy (non-hydrogen) atoms. The zero-order valence-electron chi connectivity index (χ0n) is 15.6. The number of anilines is 2. The lowest BCUT2D eigenvalue weighted by atomic mass is 10.2. The van der Waals surface area contributed by atoms with Gasteiger partial charge in [-0.15, -0.1) is 10.2 Å². The fraction of sp³-hybridized carbons (Fsp3) is 0. The molecule has 152 valence electrons. The summed E-state index contributed by atoms with van der Waals surface area (Å²) in [4.78, 5) is 32.1. The number of H-pyrrole nitrogens is 1. The topological polar surface area (TPSA) is 138 Å². The van der Waals surface area contributed by atoms with Gasteiger partial charge in [0.2, 0.25) is 0 Å². The Hall–Kier alpha value is -4.03. The molecule has 0 fully saturated rings. The van der Waals surface area contributed by atoms with Crippen LogP contribution in [-0.4, -0.2) is 41.0 Å². The van der Waals surface area contributed by atoms with Crippen LogP contribution >= 0.6 is 23.1 Å². The predicted molar refractivity (Wildman–Crippen MR) is 117 cm³/mol. The summed E-state index contributed by atoms with van der Waals surface area (Å²) in [5, 5.41) is 16.2. The van der Waals surface area contributed by atoms with E-state index in [1.165, 1.54) is 0 Å². The second kappa shape index (κ2) is 8.01. The summed E-state index contributed by atoms with van der Waals surface area (Å²) >= 11 is 2.24. The predicted octanol–water partition coefficient (Wildman–Crippen LogP) is 3.44. The number of carbonyl (C=O) groups excluding carboxylic acids is 2. The number of hydrogen-bond donors (Lipinski definition) is 3. The number of hydrogen-bond acceptors (Lipinski definition) is 9. The molecule has 0 bridgehead atoms. The molecule has 3 aromatic heterocycles. The lowest BCUT2D eigenvalue weighted by Gasteiger charge is -2.03. The Morgan fingerprint density at radius 2 is 1.42 bits per heavy atom. The van der Waals surface area contributed by atoms with Gasteiger partial charge < -0.3 is 15.6 Å². The summed E-state index contributed by atoms with van der Waals surface area (Å²) < 4.78 is 7.38. The second-order valence-electron chi connectivity index (χ2n) is 6.38. The van der Waals surface area contributed by atoms with Crippen LogP contribution in [0.5, 0.6) is 0 Å². The first-order valence-electron chi connectivity index (χ1n) is 8.93. The highest BCUT2D eigenvalue weighted by atomic mass is 32.1. The molecule has 0 aliphatic rings. The molecule has 2 amide bonds. The zero-order valence-corrected chi connectivity index (χ0v) is 17.2. The van der Waals surface area contributed by atoms with Crippen molar-refractivity contribution >= 4 is 57.3 Å². The van der Waals surface area contributed by atoms with Crippen molar-refractivity contribution in [2.24, 2.45) is 0 Å². The number of nitrogens with one attached hydrogen (secondary N) is 3. The summed E-state index contributed by atoms with van der Waals surface area (Å²) in [7, 11) is 0. The second-order valence-corrected chi connectivity index (χ2v) is 7.60. The fourth-order valence-corrected chi connectivity index (χ4v) is 3.73. The third-order valence-electron chi connectivity index (χ3n) is 4.34. The Kier molecular flexibility index (Phi) is 4.90. The van der Waals surface area contributed by atoms with E-state index in [1.54, 1.807) is 35.0 Å². The van der Waals surface area contributed by atoms with Gasteiger partial charge in [0.15, 0.2) is 11.4 Å². The maximum atomic E-state index is 12.2. The monoisotopic (exact) mass is 448 g/mol. The average Bonchev–Trinajstić information content (AvgIpc) is 3.55. The van der Waals surface area contributed by atoms with Gasteiger partial charge in [-0.3, -0.25) is 9.59 Å². The minimum absolute atomic E-state index is 0.272. The highest BCUT2D eigenvalue weighted by Crippen LogP contribution is 2.24. The largest absolute Gasteiger partial charge is 0.338 e. The molecule has 3 N–H and O–H groups in total. The van der Waals surface area contributed by atoms with Crippen LogP contribution in [-0.2, 0) is 0 Å². The van der Waals surface area contributed by atoms with Crippen LogP contribution < -0.4 is 10.6 Å². The van der Waals surface area contributed by atoms with E-state index in [1.807, 2.05) is 18.2 Å². The molecule has 3 heterocycles. The molecule has 0 unspecified atom stereocenters. The summed E-state index contributed by atoms with van der Waals surface area (Å²) in [6.07, 6.45) is 0. The smallest absolute Gasteiger partial charge is 0.277 e. The number of imidazole rings is 1. The van der Waals surface area contributed by atoms with Gasteiger partial charge in [0.25, 0.3) is 11.8 Å². The van der Waals surface area contributed by atoms with E-state index in [4.69, 9.17) is 0 Å². The van der Waals surface area contributed by atoms with Gasteiger partial charge in [-0.25, -0.2) is 4.98 Å². The first-order chi connectivity index (χ1) is 15.2. The van der Waals surface area contributed by atoms with E-state index in [0.717, 1.165) is 39.7 Å². The van der Waals surface area contributed by atoms with Crippen molar-refractivity contribution in [1.82, 2.24) is 29.1 Å². The van der Waals surface area contributed by atoms with Crippen molar-refractivity contribution < 1.29 is 9.59 Å². The lowest BCUT2D eigenvalue weighted by Crippen LogP contribution is -2.12. The lowest BCUT2D eigenvalue weighted by molar-refractivity contribution is 0.101. The van der Waals surface area contributed by atoms with Crippen molar-refractivity contribution in [3.05, 3.63) is 64.6 Å². The Bertz CT molecular complexity index is 1360. The van der Waals surface area contributed by atoms with Crippen LogP contribution in [0.15, 0.2) is 53.2 Å². The molecule has 0 radical (unpaired) electrons. The maximum absolute atomic E-state index is 12.2. The van der Waals surface area contributed by atoms with Gasteiger partial charge in [0, 0.05) is 27.7 Å². The number of aromatic nitrogens is 6. The van der Waals surface area contributed by atoms with Crippen molar-refractivity contribution in [3.63, 3.8) is 0 Å². The molecule has 5 aromatic rings. The van der Waals surface area contributed by atoms with Gasteiger partial charge in [0.05, 0.1) is 11.0 Å². The molecule has 5 rings (SSSR count). The SMILES string of the molecule is O=C(Nc1ccc(-c2nc3ccc(NC(=O)c4csnn4)cc3[nH]2)cc1)c1csnn1. The summed E-state index contributed by atoms with van der Waals surface area (Å²) in [5.41, 5.74) is 4.20. The quantitative estimate of drug-likeness (QED) is 0.374. The first kappa shape index (κ1) is 19.0. The maximum Gasteiger partial charge on any atom is 0.277 e. The van der Waals surface area contributed by atoms with E-state index < -0.39 is 0 Å². The molecule has 12 heteroatoms. The highest BCUT2D eigenvalue weighted by Gasteiger charge is 2.12. The molecule has 0 saturated heterocycles. The summed E-state index contributed by atoms with van der Waals surface area (Å²) in [6, 6.07) is 12.7. The highest BCUT2D eigenvalue weighted by molar-refractivity contribution is 7.03. The third-order valence-corrected chi connectivity index (χ3v) is 5.35. The molecule has 10 nitrogen and oxygen atoms in total. The standard InChI is InChI=1S/C19H12N8O2S2/c28-18(15-8-30-26-24-15)20-11-3-1-10(2-4-11)17-22-13-6-5-12(7-14(13)23-17)21-19(29)16-9-31-27-25-16/h1-9H,(H,20,28)(H,21,29)(H,22,23). The van der Waals surface area contributed by atoms with Crippen LogP contribution in [0.3, 0.4) is 0 Å². The molecular formula is C19H12N8O2S2. The van der Waals surface area contributed by atoms with Crippen molar-refractivity contribution in [2.45, 2.75) is 0 Å². The number of aromatic amines is 1. The molecule has 0 spiro atoms. The Balaban J connectivity index is 1.33. The van der Waals surface area contributed by atoms with Gasteiger partial charge in [-0.2, -0.15) is 0 Å². The molecule has 0 saturated carbocycles. The van der Waals surface area contributed by atoms with Gasteiger partial charge in [-0.05, 0) is 65.5 Å². The van der Waals surface area contributed by atoms with E-state index >= 15 is 0 Å². The average molecular weight is 448 g/mol. The zero-order chi connectivity index (χ0) is 21.2. The van der Waals surface area contributed by atoms with E-state index in [2.05, 4.69) is 39.8 Å². The fourth-order valence-electron chi connectivity index (χ4n) is 2.85. The number of nitrogens with zero attached hydrogens (tertiary/aromatic N) is 5. The van der Waals surface area contributed by atoms with Crippen LogP contribution in [0.1, 0.15) is 21.0 Å². The normalized spacial score (nSPS) is 10.8. The molecule has 0 aliphatic carbocycles. The van der Waals surface area contributed by atoms with Crippen LogP contribution in [0.25, 0.3) is 22.4 Å². The van der Waals surface area contributed by atoms with Crippen molar-refractivity contribution in [3.8, 4) is 11.4 Å². The minimum atomic E-state index is -0.320. The van der Waals surface area contributed by atoms with Crippen LogP contribution in [0, 0.1) is 0 Å². The van der Waals surface area contributed by atoms with Crippen molar-refractivity contribution in [1.29, 1.82) is 0 Å².